The monoisotopic (exact) mass is 213 g/mol. The molecule has 1 nitrogen and oxygen atoms in total. The van der Waals surface area contributed by atoms with Gasteiger partial charge in [-0.25, -0.2) is 8.78 Å². The third-order valence-corrected chi connectivity index (χ3v) is 2.37. The van der Waals surface area contributed by atoms with Crippen LogP contribution in [0.1, 0.15) is 38.3 Å². The average Bonchev–Trinajstić information content (AvgIpc) is 2.16. The molecule has 0 spiro atoms. The minimum atomic E-state index is -0.519. The fourth-order valence-electron chi connectivity index (χ4n) is 1.44. The molecule has 0 aromatic heterocycles. The molecule has 3 heteroatoms. The first kappa shape index (κ1) is 12.1. The lowest BCUT2D eigenvalue weighted by Crippen LogP contribution is -2.19. The van der Waals surface area contributed by atoms with Crippen molar-refractivity contribution in [3.63, 3.8) is 0 Å². The van der Waals surface area contributed by atoms with E-state index in [1.165, 1.54) is 12.1 Å². The van der Waals surface area contributed by atoms with Gasteiger partial charge in [0.2, 0.25) is 0 Å². The Morgan fingerprint density at radius 2 is 1.80 bits per heavy atom. The largest absolute Gasteiger partial charge is 0.310 e. The van der Waals surface area contributed by atoms with Gasteiger partial charge in [0.15, 0.2) is 0 Å². The molecule has 1 aromatic carbocycles. The minimum Gasteiger partial charge on any atom is -0.310 e. The van der Waals surface area contributed by atoms with Gasteiger partial charge in [0, 0.05) is 12.1 Å². The molecule has 0 saturated carbocycles. The third-order valence-electron chi connectivity index (χ3n) is 2.37. The second kappa shape index (κ2) is 5.81. The topological polar surface area (TPSA) is 12.0 Å². The Labute approximate surface area is 89.5 Å². The summed E-state index contributed by atoms with van der Waals surface area (Å²) in [7, 11) is 0. The van der Waals surface area contributed by atoms with Crippen LogP contribution in [0.15, 0.2) is 18.2 Å². The first-order valence-corrected chi connectivity index (χ1v) is 5.33. The number of rotatable bonds is 5. The van der Waals surface area contributed by atoms with E-state index in [1.54, 1.807) is 0 Å². The Hall–Kier alpha value is -0.960. The fraction of sp³-hybridized carbons (Fsp3) is 0.500. The van der Waals surface area contributed by atoms with Crippen LogP contribution in [0.5, 0.6) is 0 Å². The molecule has 0 aliphatic rings. The summed E-state index contributed by atoms with van der Waals surface area (Å²) in [5, 5.41) is 3.22. The van der Waals surface area contributed by atoms with Crippen molar-refractivity contribution in [3.8, 4) is 0 Å². The van der Waals surface area contributed by atoms with E-state index in [9.17, 15) is 8.78 Å². The molecular weight excluding hydrogens is 196 g/mol. The molecule has 0 fully saturated rings. The van der Waals surface area contributed by atoms with Gasteiger partial charge in [-0.3, -0.25) is 0 Å². The van der Waals surface area contributed by atoms with Gasteiger partial charge < -0.3 is 5.32 Å². The van der Waals surface area contributed by atoms with Crippen LogP contribution in [0.3, 0.4) is 0 Å². The normalized spacial score (nSPS) is 12.8. The molecule has 0 saturated heterocycles. The Morgan fingerprint density at radius 1 is 1.20 bits per heavy atom. The number of hydrogen-bond donors (Lipinski definition) is 1. The van der Waals surface area contributed by atoms with Crippen LogP contribution < -0.4 is 5.32 Å². The van der Waals surface area contributed by atoms with Gasteiger partial charge in [-0.05, 0) is 37.6 Å². The maximum Gasteiger partial charge on any atom is 0.126 e. The highest BCUT2D eigenvalue weighted by atomic mass is 19.1. The second-order valence-corrected chi connectivity index (χ2v) is 3.73. The van der Waals surface area contributed by atoms with Crippen molar-refractivity contribution >= 4 is 0 Å². The number of hydrogen-bond acceptors (Lipinski definition) is 1. The number of halogens is 2. The van der Waals surface area contributed by atoms with Crippen LogP contribution in [0.2, 0.25) is 0 Å². The maximum absolute atomic E-state index is 12.9. The van der Waals surface area contributed by atoms with E-state index in [2.05, 4.69) is 12.2 Å². The van der Waals surface area contributed by atoms with Crippen molar-refractivity contribution in [2.45, 2.75) is 32.7 Å². The van der Waals surface area contributed by atoms with E-state index < -0.39 is 11.6 Å². The highest BCUT2D eigenvalue weighted by Crippen LogP contribution is 2.15. The lowest BCUT2D eigenvalue weighted by atomic mass is 10.1. The number of nitrogens with one attached hydrogen (secondary N) is 1. The zero-order valence-corrected chi connectivity index (χ0v) is 9.19. The van der Waals surface area contributed by atoms with Gasteiger partial charge in [-0.1, -0.05) is 13.3 Å². The molecule has 0 aliphatic heterocycles. The molecule has 84 valence electrons. The first-order chi connectivity index (χ1) is 7.13. The van der Waals surface area contributed by atoms with Crippen molar-refractivity contribution in [3.05, 3.63) is 35.4 Å². The van der Waals surface area contributed by atoms with Gasteiger partial charge in [-0.2, -0.15) is 0 Å². The summed E-state index contributed by atoms with van der Waals surface area (Å²) in [5.74, 6) is -1.04. The SMILES string of the molecule is CCCCNC(C)c1cc(F)cc(F)c1. The summed E-state index contributed by atoms with van der Waals surface area (Å²) < 4.78 is 25.8. The molecule has 0 amide bonds. The van der Waals surface area contributed by atoms with Crippen LogP contribution >= 0.6 is 0 Å². The summed E-state index contributed by atoms with van der Waals surface area (Å²) in [4.78, 5) is 0. The Bertz CT molecular complexity index is 292. The lowest BCUT2D eigenvalue weighted by molar-refractivity contribution is 0.535. The molecular formula is C12H17F2N. The summed E-state index contributed by atoms with van der Waals surface area (Å²) >= 11 is 0. The predicted molar refractivity (Wildman–Crippen MR) is 57.7 cm³/mol. The molecule has 0 heterocycles. The van der Waals surface area contributed by atoms with Crippen molar-refractivity contribution in [2.24, 2.45) is 0 Å². The Balaban J connectivity index is 2.60. The minimum absolute atomic E-state index is 0.0123. The smallest absolute Gasteiger partial charge is 0.126 e. The van der Waals surface area contributed by atoms with Crippen LogP contribution in [0.4, 0.5) is 8.78 Å². The number of benzene rings is 1. The van der Waals surface area contributed by atoms with Gasteiger partial charge in [-0.15, -0.1) is 0 Å². The summed E-state index contributed by atoms with van der Waals surface area (Å²) in [6.07, 6.45) is 2.18. The molecule has 1 atom stereocenters. The van der Waals surface area contributed by atoms with E-state index in [4.69, 9.17) is 0 Å². The molecule has 0 aliphatic carbocycles. The van der Waals surface area contributed by atoms with E-state index >= 15 is 0 Å². The van der Waals surface area contributed by atoms with Crippen LogP contribution in [0, 0.1) is 11.6 Å². The number of unbranched alkanes of at least 4 members (excludes halogenated alkanes) is 1. The van der Waals surface area contributed by atoms with Crippen molar-refractivity contribution in [2.75, 3.05) is 6.54 Å². The molecule has 1 aromatic rings. The Morgan fingerprint density at radius 3 is 2.33 bits per heavy atom. The predicted octanol–water partition coefficient (Wildman–Crippen LogP) is 3.42. The van der Waals surface area contributed by atoms with Crippen LogP contribution in [0.25, 0.3) is 0 Å². The van der Waals surface area contributed by atoms with Gasteiger partial charge in [0.1, 0.15) is 11.6 Å². The van der Waals surface area contributed by atoms with E-state index in [1.807, 2.05) is 6.92 Å². The van der Waals surface area contributed by atoms with Crippen LogP contribution in [-0.4, -0.2) is 6.54 Å². The quantitative estimate of drug-likeness (QED) is 0.739. The Kier molecular flexibility index (Phi) is 4.69. The van der Waals surface area contributed by atoms with Gasteiger partial charge >= 0.3 is 0 Å². The summed E-state index contributed by atoms with van der Waals surface area (Å²) in [6, 6.07) is 3.61. The summed E-state index contributed by atoms with van der Waals surface area (Å²) in [6.45, 7) is 4.88. The molecule has 0 bridgehead atoms. The zero-order valence-electron chi connectivity index (χ0n) is 9.19. The third kappa shape index (κ3) is 3.96. The van der Waals surface area contributed by atoms with E-state index in [0.717, 1.165) is 25.5 Å². The first-order valence-electron chi connectivity index (χ1n) is 5.33. The summed E-state index contributed by atoms with van der Waals surface area (Å²) in [5.41, 5.74) is 0.656. The second-order valence-electron chi connectivity index (χ2n) is 3.73. The lowest BCUT2D eigenvalue weighted by Gasteiger charge is -2.14. The molecule has 1 unspecified atom stereocenters. The molecule has 0 radical (unpaired) electrons. The van der Waals surface area contributed by atoms with Gasteiger partial charge in [0.25, 0.3) is 0 Å². The van der Waals surface area contributed by atoms with Gasteiger partial charge in [0.05, 0.1) is 0 Å². The van der Waals surface area contributed by atoms with Crippen molar-refractivity contribution in [1.29, 1.82) is 0 Å². The maximum atomic E-state index is 12.9. The van der Waals surface area contributed by atoms with E-state index in [-0.39, 0.29) is 6.04 Å². The molecule has 15 heavy (non-hydrogen) atoms. The van der Waals surface area contributed by atoms with Crippen LogP contribution in [-0.2, 0) is 0 Å². The highest BCUT2D eigenvalue weighted by molar-refractivity contribution is 5.20. The van der Waals surface area contributed by atoms with E-state index in [0.29, 0.717) is 5.56 Å². The average molecular weight is 213 g/mol. The van der Waals surface area contributed by atoms with Crippen molar-refractivity contribution < 1.29 is 8.78 Å². The highest BCUT2D eigenvalue weighted by Gasteiger charge is 2.07. The molecule has 1 N–H and O–H groups in total. The van der Waals surface area contributed by atoms with Crippen molar-refractivity contribution in [1.82, 2.24) is 5.32 Å². The zero-order chi connectivity index (χ0) is 11.3. The standard InChI is InChI=1S/C12H17F2N/c1-3-4-5-15-9(2)10-6-11(13)8-12(14)7-10/h6-9,15H,3-5H2,1-2H3. The molecule has 1 rings (SSSR count). The fourth-order valence-corrected chi connectivity index (χ4v) is 1.44.